The summed E-state index contributed by atoms with van der Waals surface area (Å²) < 4.78 is 37.3. The number of carbonyl (C=O) groups is 1. The summed E-state index contributed by atoms with van der Waals surface area (Å²) in [7, 11) is -3.47. The molecule has 14 heteroatoms. The summed E-state index contributed by atoms with van der Waals surface area (Å²) in [6.45, 7) is 2.43. The molecule has 5 rings (SSSR count). The number of thiazole rings is 1. The van der Waals surface area contributed by atoms with Crippen molar-refractivity contribution in [2.45, 2.75) is 50.7 Å². The topological polar surface area (TPSA) is 149 Å². The van der Waals surface area contributed by atoms with Crippen LogP contribution in [0.5, 0.6) is 10.9 Å². The number of sulfone groups is 1. The Morgan fingerprint density at radius 3 is 2.62 bits per heavy atom. The number of aromatic amines is 1. The number of nitrogens with zero attached hydrogens (tertiary/aromatic N) is 4. The Kier molecular flexibility index (Phi) is 10.8. The minimum absolute atomic E-state index is 0.0388. The number of rotatable bonds is 15. The van der Waals surface area contributed by atoms with Gasteiger partial charge in [0.05, 0.1) is 22.0 Å². The van der Waals surface area contributed by atoms with Gasteiger partial charge in [-0.3, -0.25) is 4.79 Å². The number of benzene rings is 3. The molecule has 1 amide bonds. The van der Waals surface area contributed by atoms with Gasteiger partial charge < -0.3 is 14.8 Å². The van der Waals surface area contributed by atoms with Crippen LogP contribution in [0.3, 0.4) is 0 Å². The fourth-order valence-corrected chi connectivity index (χ4v) is 6.58. The van der Waals surface area contributed by atoms with Gasteiger partial charge in [0, 0.05) is 16.0 Å². The number of hydrogen-bond acceptors (Lipinski definition) is 10. The Morgan fingerprint density at radius 2 is 1.84 bits per heavy atom. The molecule has 0 saturated heterocycles. The maximum atomic E-state index is 13.4. The van der Waals surface area contributed by atoms with E-state index in [0.29, 0.717) is 45.9 Å². The lowest BCUT2D eigenvalue weighted by molar-refractivity contribution is 0.102. The van der Waals surface area contributed by atoms with Gasteiger partial charge in [-0.1, -0.05) is 54.5 Å². The third-order valence-corrected chi connectivity index (χ3v) is 9.55. The Balaban J connectivity index is 1.27. The van der Waals surface area contributed by atoms with Gasteiger partial charge in [-0.05, 0) is 89.3 Å². The summed E-state index contributed by atoms with van der Waals surface area (Å²) >= 11 is 7.36. The van der Waals surface area contributed by atoms with E-state index >= 15 is 0 Å². The second kappa shape index (κ2) is 15.1. The minimum Gasteiger partial charge on any atom is -0.483 e. The summed E-state index contributed by atoms with van der Waals surface area (Å²) in [6.07, 6.45) is 2.76. The average molecular weight is 667 g/mol. The molecule has 0 aliphatic carbocycles. The number of hydrogen-bond donors (Lipinski definition) is 2. The highest BCUT2D eigenvalue weighted by Crippen LogP contribution is 2.28. The van der Waals surface area contributed by atoms with Crippen LogP contribution in [0.25, 0.3) is 0 Å². The fourth-order valence-electron chi connectivity index (χ4n) is 4.44. The maximum absolute atomic E-state index is 13.4. The van der Waals surface area contributed by atoms with Crippen LogP contribution in [-0.4, -0.2) is 45.7 Å². The van der Waals surface area contributed by atoms with Crippen LogP contribution in [0.1, 0.15) is 52.8 Å². The molecule has 0 fully saturated rings. The van der Waals surface area contributed by atoms with Crippen LogP contribution >= 0.6 is 22.9 Å². The molecule has 0 aliphatic heterocycles. The number of carbonyl (C=O) groups excluding carboxylic acids is 1. The number of anilines is 1. The van der Waals surface area contributed by atoms with Crippen LogP contribution in [0.4, 0.5) is 5.69 Å². The molecule has 11 nitrogen and oxygen atoms in total. The second-order valence-corrected chi connectivity index (χ2v) is 13.5. The van der Waals surface area contributed by atoms with Crippen molar-refractivity contribution in [2.24, 2.45) is 0 Å². The van der Waals surface area contributed by atoms with E-state index in [1.165, 1.54) is 23.5 Å². The number of amides is 1. The lowest BCUT2D eigenvalue weighted by Gasteiger charge is -2.14. The molecule has 0 saturated carbocycles. The third-order valence-electron chi connectivity index (χ3n) is 6.69. The van der Waals surface area contributed by atoms with Crippen molar-refractivity contribution < 1.29 is 22.7 Å². The molecule has 0 atom stereocenters. The quantitative estimate of drug-likeness (QED) is 0.136. The molecular weight excluding hydrogens is 636 g/mol. The molecule has 5 aromatic rings. The van der Waals surface area contributed by atoms with Crippen LogP contribution in [-0.2, 0) is 35.9 Å². The summed E-state index contributed by atoms with van der Waals surface area (Å²) in [6, 6.07) is 18.6. The highest BCUT2D eigenvalue weighted by molar-refractivity contribution is 7.91. The lowest BCUT2D eigenvalue weighted by atomic mass is 10.1. The Bertz CT molecular complexity index is 1830. The molecular formula is C31H31ClN6O5S2. The first kappa shape index (κ1) is 32.1. The zero-order chi connectivity index (χ0) is 31.6. The van der Waals surface area contributed by atoms with Gasteiger partial charge in [0.15, 0.2) is 15.7 Å². The molecule has 45 heavy (non-hydrogen) atoms. The number of nitrogens with one attached hydrogen (secondary N) is 2. The number of tetrazole rings is 1. The van der Waals surface area contributed by atoms with E-state index in [1.54, 1.807) is 42.5 Å². The summed E-state index contributed by atoms with van der Waals surface area (Å²) in [4.78, 5) is 18.1. The predicted octanol–water partition coefficient (Wildman–Crippen LogP) is 6.08. The standard InChI is InChI=1S/C31H31ClN6O5S2/c1-2-5-25-20-44-31(33-25)43-18-22-6-3-8-23(16-22)30(39)34-27-17-21(9-14-28(27)42-19-29-35-37-38-36-29)7-4-15-45(40,41)26-12-10-24(32)11-13-26/h3,6,8-14,16-17,20H,2,4-5,7,15,18-19H2,1H3,(H,34,39)(H,35,36,37,38). The molecule has 2 aromatic heterocycles. The Hall–Kier alpha value is -4.33. The third kappa shape index (κ3) is 9.10. The minimum atomic E-state index is -3.47. The van der Waals surface area contributed by atoms with Gasteiger partial charge >= 0.3 is 0 Å². The van der Waals surface area contributed by atoms with Crippen molar-refractivity contribution in [3.05, 3.63) is 105 Å². The molecule has 0 spiro atoms. The zero-order valence-electron chi connectivity index (χ0n) is 24.4. The molecule has 2 heterocycles. The second-order valence-electron chi connectivity index (χ2n) is 10.1. The van der Waals surface area contributed by atoms with E-state index in [0.717, 1.165) is 29.7 Å². The molecule has 0 radical (unpaired) electrons. The van der Waals surface area contributed by atoms with E-state index in [1.807, 2.05) is 17.5 Å². The number of aryl methyl sites for hydroxylation is 2. The van der Waals surface area contributed by atoms with Crippen molar-refractivity contribution in [1.29, 1.82) is 0 Å². The molecule has 2 N–H and O–H groups in total. The van der Waals surface area contributed by atoms with Crippen molar-refractivity contribution in [3.8, 4) is 10.9 Å². The normalized spacial score (nSPS) is 11.3. The van der Waals surface area contributed by atoms with Gasteiger partial charge in [-0.15, -0.1) is 5.10 Å². The molecule has 234 valence electrons. The molecule has 0 bridgehead atoms. The van der Waals surface area contributed by atoms with Gasteiger partial charge in [-0.2, -0.15) is 0 Å². The monoisotopic (exact) mass is 666 g/mol. The van der Waals surface area contributed by atoms with Gasteiger partial charge in [-0.25, -0.2) is 18.5 Å². The van der Waals surface area contributed by atoms with E-state index in [9.17, 15) is 13.2 Å². The van der Waals surface area contributed by atoms with E-state index < -0.39 is 9.84 Å². The van der Waals surface area contributed by atoms with Crippen molar-refractivity contribution in [2.75, 3.05) is 11.1 Å². The largest absolute Gasteiger partial charge is 0.483 e. The van der Waals surface area contributed by atoms with Gasteiger partial charge in [0.25, 0.3) is 11.1 Å². The summed E-state index contributed by atoms with van der Waals surface area (Å²) in [5, 5.41) is 19.6. The lowest BCUT2D eigenvalue weighted by Crippen LogP contribution is -2.14. The van der Waals surface area contributed by atoms with E-state index in [2.05, 4.69) is 37.8 Å². The molecule has 3 aromatic carbocycles. The summed E-state index contributed by atoms with van der Waals surface area (Å²) in [5.74, 6) is 0.440. The van der Waals surface area contributed by atoms with Crippen LogP contribution in [0, 0.1) is 0 Å². The van der Waals surface area contributed by atoms with Crippen molar-refractivity contribution in [1.82, 2.24) is 25.6 Å². The SMILES string of the molecule is CCCc1csc(OCc2cccc(C(=O)Nc3cc(CCCS(=O)(=O)c4ccc(Cl)cc4)ccc3OCc3nnn[nH]3)c2)n1. The summed E-state index contributed by atoms with van der Waals surface area (Å²) in [5.41, 5.74) is 3.52. The number of ether oxygens (including phenoxy) is 2. The van der Waals surface area contributed by atoms with Crippen LogP contribution < -0.4 is 14.8 Å². The maximum Gasteiger partial charge on any atom is 0.273 e. The van der Waals surface area contributed by atoms with Gasteiger partial charge in [0.2, 0.25) is 0 Å². The van der Waals surface area contributed by atoms with Gasteiger partial charge in [0.1, 0.15) is 19.0 Å². The average Bonchev–Trinajstić information content (AvgIpc) is 3.73. The van der Waals surface area contributed by atoms with E-state index in [-0.39, 0.29) is 29.8 Å². The van der Waals surface area contributed by atoms with E-state index in [4.69, 9.17) is 21.1 Å². The fraction of sp³-hybridized carbons (Fsp3) is 0.258. The van der Waals surface area contributed by atoms with Crippen molar-refractivity contribution in [3.63, 3.8) is 0 Å². The predicted molar refractivity (Wildman–Crippen MR) is 172 cm³/mol. The molecule has 0 aliphatic rings. The zero-order valence-corrected chi connectivity index (χ0v) is 26.8. The van der Waals surface area contributed by atoms with Crippen LogP contribution in [0.2, 0.25) is 5.02 Å². The first-order chi connectivity index (χ1) is 21.8. The van der Waals surface area contributed by atoms with Crippen molar-refractivity contribution >= 4 is 44.4 Å². The molecule has 0 unspecified atom stereocenters. The van der Waals surface area contributed by atoms with Crippen LogP contribution in [0.15, 0.2) is 77.0 Å². The highest BCUT2D eigenvalue weighted by atomic mass is 35.5. The smallest absolute Gasteiger partial charge is 0.273 e. The number of H-pyrrole nitrogens is 1. The Labute approximate surface area is 269 Å². The first-order valence-electron chi connectivity index (χ1n) is 14.2. The first-order valence-corrected chi connectivity index (χ1v) is 17.1. The Morgan fingerprint density at radius 1 is 1.00 bits per heavy atom. The highest BCUT2D eigenvalue weighted by Gasteiger charge is 2.16. The number of aromatic nitrogens is 5. The number of halogens is 1.